The topological polar surface area (TPSA) is 29.1 Å². The van der Waals surface area contributed by atoms with Crippen molar-refractivity contribution in [3.63, 3.8) is 0 Å². The Hall–Kier alpha value is -0.780. The third-order valence-electron chi connectivity index (χ3n) is 2.21. The predicted octanol–water partition coefficient (Wildman–Crippen LogP) is 3.73. The second-order valence-corrected chi connectivity index (χ2v) is 5.73. The van der Waals surface area contributed by atoms with E-state index in [1.807, 2.05) is 29.6 Å². The summed E-state index contributed by atoms with van der Waals surface area (Å²) in [5.41, 5.74) is 1.06. The summed E-state index contributed by atoms with van der Waals surface area (Å²) in [5.74, 6) is -0.0638. The van der Waals surface area contributed by atoms with E-state index in [4.69, 9.17) is 0 Å². The maximum Gasteiger partial charge on any atom is 0.261 e. The molecule has 2 rings (SSSR count). The van der Waals surface area contributed by atoms with E-state index in [1.165, 1.54) is 11.3 Å². The molecule has 0 atom stereocenters. The summed E-state index contributed by atoms with van der Waals surface area (Å²) < 4.78 is 1.00. The number of hydrogen-bond acceptors (Lipinski definition) is 3. The first-order valence-electron chi connectivity index (χ1n) is 4.96. The molecular weight excluding hydrogens is 318 g/mol. The summed E-state index contributed by atoms with van der Waals surface area (Å²) in [5, 5.41) is 4.72. The number of carbonyl (C=O) groups is 1. The Morgan fingerprint density at radius 3 is 2.82 bits per heavy atom. The molecule has 0 aliphatic rings. The molecule has 5 heteroatoms. The summed E-state index contributed by atoms with van der Waals surface area (Å²) in [6, 6.07) is 9.59. The summed E-state index contributed by atoms with van der Waals surface area (Å²) >= 11 is 9.02. The van der Waals surface area contributed by atoms with E-state index in [9.17, 15) is 4.79 Å². The van der Waals surface area contributed by atoms with Crippen molar-refractivity contribution in [3.05, 3.63) is 50.6 Å². The molecule has 0 bridgehead atoms. The van der Waals surface area contributed by atoms with E-state index in [0.29, 0.717) is 11.4 Å². The summed E-state index contributed by atoms with van der Waals surface area (Å²) in [6.07, 6.45) is 0. The van der Waals surface area contributed by atoms with Crippen LogP contribution < -0.4 is 5.32 Å². The number of halogens is 1. The number of carbonyl (C=O) groups excluding carboxylic acids is 1. The van der Waals surface area contributed by atoms with E-state index in [0.717, 1.165) is 14.9 Å². The second kappa shape index (κ2) is 5.71. The average molecular weight is 328 g/mol. The van der Waals surface area contributed by atoms with Gasteiger partial charge < -0.3 is 5.32 Å². The fraction of sp³-hybridized carbons (Fsp3) is 0.0833. The molecule has 1 heterocycles. The first kappa shape index (κ1) is 12.7. The quantitative estimate of drug-likeness (QED) is 0.826. The van der Waals surface area contributed by atoms with Crippen molar-refractivity contribution in [3.8, 4) is 0 Å². The normalized spacial score (nSPS) is 10.2. The average Bonchev–Trinajstić information content (AvgIpc) is 2.74. The molecule has 0 radical (unpaired) electrons. The highest BCUT2D eigenvalue weighted by Crippen LogP contribution is 2.18. The Bertz CT molecular complexity index is 539. The van der Waals surface area contributed by atoms with Gasteiger partial charge in [0.05, 0.1) is 4.88 Å². The van der Waals surface area contributed by atoms with Crippen molar-refractivity contribution >= 4 is 45.8 Å². The maximum absolute atomic E-state index is 11.8. The third kappa shape index (κ3) is 3.34. The first-order chi connectivity index (χ1) is 8.16. The molecule has 2 nitrogen and oxygen atoms in total. The molecule has 0 aliphatic heterocycles. The van der Waals surface area contributed by atoms with Crippen LogP contribution in [0.4, 0.5) is 0 Å². The van der Waals surface area contributed by atoms with E-state index < -0.39 is 0 Å². The summed E-state index contributed by atoms with van der Waals surface area (Å²) in [4.78, 5) is 13.3. The van der Waals surface area contributed by atoms with Crippen LogP contribution in [-0.4, -0.2) is 5.91 Å². The molecule has 0 aliphatic carbocycles. The Morgan fingerprint density at radius 2 is 2.18 bits per heavy atom. The zero-order valence-corrected chi connectivity index (χ0v) is 12.1. The zero-order chi connectivity index (χ0) is 12.3. The fourth-order valence-electron chi connectivity index (χ4n) is 1.35. The molecule has 0 unspecified atom stereocenters. The summed E-state index contributed by atoms with van der Waals surface area (Å²) in [7, 11) is 0. The van der Waals surface area contributed by atoms with Crippen molar-refractivity contribution in [1.82, 2.24) is 5.32 Å². The zero-order valence-electron chi connectivity index (χ0n) is 8.81. The minimum Gasteiger partial charge on any atom is -0.347 e. The highest BCUT2D eigenvalue weighted by molar-refractivity contribution is 9.10. The molecule has 1 amide bonds. The Balaban J connectivity index is 1.99. The van der Waals surface area contributed by atoms with Crippen LogP contribution in [0.15, 0.2) is 45.1 Å². The van der Waals surface area contributed by atoms with Crippen LogP contribution >= 0.6 is 39.9 Å². The molecule has 1 aromatic carbocycles. The highest BCUT2D eigenvalue weighted by atomic mass is 79.9. The number of benzene rings is 1. The molecule has 0 saturated heterocycles. The molecule has 88 valence electrons. The molecule has 0 spiro atoms. The standard InChI is InChI=1S/C12H10BrNOS2/c13-10-4-2-1-3-8(10)6-14-12(15)11-5-9(16)7-17-11/h1-5,7,16H,6H2,(H,14,15). The van der Waals surface area contributed by atoms with Crippen molar-refractivity contribution < 1.29 is 4.79 Å². The van der Waals surface area contributed by atoms with Crippen LogP contribution in [0.1, 0.15) is 15.2 Å². The third-order valence-corrected chi connectivity index (χ3v) is 4.34. The fourth-order valence-corrected chi connectivity index (χ4v) is 2.84. The van der Waals surface area contributed by atoms with Crippen LogP contribution in [0.2, 0.25) is 0 Å². The molecule has 2 aromatic rings. The van der Waals surface area contributed by atoms with E-state index in [2.05, 4.69) is 33.9 Å². The first-order valence-corrected chi connectivity index (χ1v) is 7.08. The van der Waals surface area contributed by atoms with Gasteiger partial charge in [0.1, 0.15) is 0 Å². The SMILES string of the molecule is O=C(NCc1ccccc1Br)c1cc(S)cs1. The van der Waals surface area contributed by atoms with Crippen molar-refractivity contribution in [2.24, 2.45) is 0 Å². The van der Waals surface area contributed by atoms with E-state index >= 15 is 0 Å². The van der Waals surface area contributed by atoms with Gasteiger partial charge in [-0.05, 0) is 17.7 Å². The van der Waals surface area contributed by atoms with Crippen molar-refractivity contribution in [2.75, 3.05) is 0 Å². The lowest BCUT2D eigenvalue weighted by atomic mass is 10.2. The van der Waals surface area contributed by atoms with Gasteiger partial charge in [0, 0.05) is 21.3 Å². The van der Waals surface area contributed by atoms with Gasteiger partial charge in [-0.2, -0.15) is 0 Å². The lowest BCUT2D eigenvalue weighted by molar-refractivity contribution is 0.0955. The molecule has 17 heavy (non-hydrogen) atoms. The monoisotopic (exact) mass is 327 g/mol. The van der Waals surface area contributed by atoms with Gasteiger partial charge >= 0.3 is 0 Å². The van der Waals surface area contributed by atoms with Gasteiger partial charge in [-0.1, -0.05) is 34.1 Å². The van der Waals surface area contributed by atoms with Gasteiger partial charge in [-0.3, -0.25) is 4.79 Å². The van der Waals surface area contributed by atoms with Gasteiger partial charge in [-0.15, -0.1) is 24.0 Å². The molecule has 1 aromatic heterocycles. The lowest BCUT2D eigenvalue weighted by Gasteiger charge is -2.05. The molecule has 0 saturated carbocycles. The van der Waals surface area contributed by atoms with Crippen LogP contribution in [-0.2, 0) is 6.54 Å². The largest absolute Gasteiger partial charge is 0.347 e. The number of thiol groups is 1. The van der Waals surface area contributed by atoms with Gasteiger partial charge in [0.15, 0.2) is 0 Å². The van der Waals surface area contributed by atoms with Crippen LogP contribution in [0.25, 0.3) is 0 Å². The summed E-state index contributed by atoms with van der Waals surface area (Å²) in [6.45, 7) is 0.514. The minimum absolute atomic E-state index is 0.0638. The van der Waals surface area contributed by atoms with Crippen LogP contribution in [0, 0.1) is 0 Å². The Kier molecular flexibility index (Phi) is 4.25. The van der Waals surface area contributed by atoms with Crippen molar-refractivity contribution in [1.29, 1.82) is 0 Å². The number of nitrogens with one attached hydrogen (secondary N) is 1. The highest BCUT2D eigenvalue weighted by Gasteiger charge is 2.08. The van der Waals surface area contributed by atoms with Crippen molar-refractivity contribution in [2.45, 2.75) is 11.4 Å². The smallest absolute Gasteiger partial charge is 0.261 e. The Labute approximate surface area is 118 Å². The number of thiophene rings is 1. The minimum atomic E-state index is -0.0638. The Morgan fingerprint density at radius 1 is 1.41 bits per heavy atom. The van der Waals surface area contributed by atoms with Gasteiger partial charge in [-0.25, -0.2) is 0 Å². The lowest BCUT2D eigenvalue weighted by Crippen LogP contribution is -2.21. The van der Waals surface area contributed by atoms with Crippen LogP contribution in [0.5, 0.6) is 0 Å². The van der Waals surface area contributed by atoms with E-state index in [1.54, 1.807) is 6.07 Å². The number of hydrogen-bond donors (Lipinski definition) is 2. The van der Waals surface area contributed by atoms with Gasteiger partial charge in [0.2, 0.25) is 0 Å². The molecular formula is C12H10BrNOS2. The number of amides is 1. The predicted molar refractivity (Wildman–Crippen MR) is 76.9 cm³/mol. The van der Waals surface area contributed by atoms with E-state index in [-0.39, 0.29) is 5.91 Å². The second-order valence-electron chi connectivity index (χ2n) is 3.44. The molecule has 1 N–H and O–H groups in total. The number of rotatable bonds is 3. The molecule has 0 fully saturated rings. The van der Waals surface area contributed by atoms with Crippen LogP contribution in [0.3, 0.4) is 0 Å². The maximum atomic E-state index is 11.8. The van der Waals surface area contributed by atoms with Gasteiger partial charge in [0.25, 0.3) is 5.91 Å².